The highest BCUT2D eigenvalue weighted by molar-refractivity contribution is 5.75. The summed E-state index contributed by atoms with van der Waals surface area (Å²) in [5, 5.41) is 8.24. The van der Waals surface area contributed by atoms with Crippen molar-refractivity contribution in [2.24, 2.45) is 0 Å². The Hall–Kier alpha value is -1.84. The minimum Gasteiger partial charge on any atom is -0.398 e. The second-order valence-electron chi connectivity index (χ2n) is 4.84. The van der Waals surface area contributed by atoms with Gasteiger partial charge in [0.1, 0.15) is 6.33 Å². The van der Waals surface area contributed by atoms with Crippen LogP contribution < -0.4 is 5.73 Å². The van der Waals surface area contributed by atoms with Crippen LogP contribution in [0.15, 0.2) is 18.5 Å². The summed E-state index contributed by atoms with van der Waals surface area (Å²) in [5.74, 6) is 0.900. The number of nitrogens with two attached hydrogens (primary N) is 1. The van der Waals surface area contributed by atoms with E-state index in [-0.39, 0.29) is 0 Å². The van der Waals surface area contributed by atoms with Gasteiger partial charge in [-0.05, 0) is 43.9 Å². The molecular weight excluding hydrogens is 212 g/mol. The van der Waals surface area contributed by atoms with Crippen LogP contribution in [0.5, 0.6) is 0 Å². The molecule has 0 bridgehead atoms. The number of nitrogen functional groups attached to an aromatic ring is 1. The lowest BCUT2D eigenvalue weighted by Gasteiger charge is -2.10. The highest BCUT2D eigenvalue weighted by Gasteiger charge is 2.27. The molecule has 3 rings (SSSR count). The average Bonchev–Trinajstić information content (AvgIpc) is 3.02. The molecule has 4 heteroatoms. The quantitative estimate of drug-likeness (QED) is 0.803. The van der Waals surface area contributed by atoms with Crippen molar-refractivity contribution in [3.63, 3.8) is 0 Å². The fraction of sp³-hybridized carbons (Fsp3) is 0.385. The van der Waals surface area contributed by atoms with E-state index in [0.717, 1.165) is 22.6 Å². The first kappa shape index (κ1) is 10.3. The Morgan fingerprint density at radius 1 is 1.29 bits per heavy atom. The van der Waals surface area contributed by atoms with Gasteiger partial charge < -0.3 is 10.3 Å². The molecule has 0 atom stereocenters. The summed E-state index contributed by atoms with van der Waals surface area (Å²) in [6.07, 6.45) is 4.25. The van der Waals surface area contributed by atoms with E-state index < -0.39 is 0 Å². The second kappa shape index (κ2) is 3.58. The number of hydrogen-bond donors (Lipinski definition) is 1. The molecule has 17 heavy (non-hydrogen) atoms. The van der Waals surface area contributed by atoms with Crippen LogP contribution in [0.2, 0.25) is 0 Å². The lowest BCUT2D eigenvalue weighted by Crippen LogP contribution is -2.01. The third-order valence-corrected chi connectivity index (χ3v) is 3.29. The Morgan fingerprint density at radius 3 is 2.76 bits per heavy atom. The molecule has 1 aliphatic carbocycles. The molecule has 0 spiro atoms. The van der Waals surface area contributed by atoms with Crippen molar-refractivity contribution in [3.05, 3.63) is 29.6 Å². The molecule has 0 radical (unpaired) electrons. The topological polar surface area (TPSA) is 56.7 Å². The number of aromatic nitrogens is 3. The Balaban J connectivity index is 2.17. The zero-order chi connectivity index (χ0) is 12.0. The van der Waals surface area contributed by atoms with E-state index in [2.05, 4.69) is 33.8 Å². The third-order valence-electron chi connectivity index (χ3n) is 3.29. The first-order chi connectivity index (χ1) is 8.16. The SMILES string of the molecule is Cc1cc(C)c(N)c(-c2nncn2C2CC2)c1. The smallest absolute Gasteiger partial charge is 0.166 e. The molecule has 0 unspecified atom stereocenters. The van der Waals surface area contributed by atoms with Crippen LogP contribution in [-0.4, -0.2) is 14.8 Å². The van der Waals surface area contributed by atoms with Gasteiger partial charge in [0.15, 0.2) is 5.82 Å². The Labute approximate surface area is 100 Å². The standard InChI is InChI=1S/C13H16N4/c1-8-5-9(2)12(14)11(6-8)13-16-15-7-17(13)10-3-4-10/h5-7,10H,3-4,14H2,1-2H3. The highest BCUT2D eigenvalue weighted by Crippen LogP contribution is 2.39. The van der Waals surface area contributed by atoms with Gasteiger partial charge in [0, 0.05) is 17.3 Å². The molecule has 2 aromatic rings. The maximum absolute atomic E-state index is 6.15. The van der Waals surface area contributed by atoms with Crippen molar-refractivity contribution >= 4 is 5.69 Å². The van der Waals surface area contributed by atoms with Gasteiger partial charge >= 0.3 is 0 Å². The van der Waals surface area contributed by atoms with E-state index in [9.17, 15) is 0 Å². The van der Waals surface area contributed by atoms with E-state index in [1.165, 1.54) is 18.4 Å². The molecule has 0 aliphatic heterocycles. The van der Waals surface area contributed by atoms with Crippen LogP contribution in [0.1, 0.15) is 30.0 Å². The highest BCUT2D eigenvalue weighted by atomic mass is 15.3. The predicted octanol–water partition coefficient (Wildman–Crippen LogP) is 2.48. The molecule has 88 valence electrons. The number of aryl methyl sites for hydroxylation is 2. The van der Waals surface area contributed by atoms with Crippen LogP contribution in [0.4, 0.5) is 5.69 Å². The van der Waals surface area contributed by atoms with E-state index in [1.54, 1.807) is 0 Å². The van der Waals surface area contributed by atoms with Gasteiger partial charge in [0.05, 0.1) is 0 Å². The van der Waals surface area contributed by atoms with Crippen LogP contribution in [0.3, 0.4) is 0 Å². The lowest BCUT2D eigenvalue weighted by atomic mass is 10.0. The number of benzene rings is 1. The fourth-order valence-corrected chi connectivity index (χ4v) is 2.22. The number of hydrogen-bond acceptors (Lipinski definition) is 3. The molecule has 1 heterocycles. The van der Waals surface area contributed by atoms with Gasteiger partial charge in [0.2, 0.25) is 0 Å². The van der Waals surface area contributed by atoms with Crippen molar-refractivity contribution in [2.75, 3.05) is 5.73 Å². The van der Waals surface area contributed by atoms with Gasteiger partial charge in [-0.3, -0.25) is 0 Å². The van der Waals surface area contributed by atoms with Crippen molar-refractivity contribution in [2.45, 2.75) is 32.7 Å². The predicted molar refractivity (Wildman–Crippen MR) is 67.6 cm³/mol. The summed E-state index contributed by atoms with van der Waals surface area (Å²) < 4.78 is 2.14. The van der Waals surface area contributed by atoms with Gasteiger partial charge in [-0.2, -0.15) is 0 Å². The maximum atomic E-state index is 6.15. The number of rotatable bonds is 2. The first-order valence-electron chi connectivity index (χ1n) is 5.93. The summed E-state index contributed by atoms with van der Waals surface area (Å²) in [7, 11) is 0. The molecule has 1 fully saturated rings. The van der Waals surface area contributed by atoms with Gasteiger partial charge in [-0.15, -0.1) is 10.2 Å². The largest absolute Gasteiger partial charge is 0.398 e. The zero-order valence-electron chi connectivity index (χ0n) is 10.1. The molecule has 1 aromatic carbocycles. The lowest BCUT2D eigenvalue weighted by molar-refractivity contribution is 0.746. The molecule has 1 saturated carbocycles. The van der Waals surface area contributed by atoms with Crippen molar-refractivity contribution < 1.29 is 0 Å². The van der Waals surface area contributed by atoms with Crippen LogP contribution in [-0.2, 0) is 0 Å². The molecule has 0 amide bonds. The monoisotopic (exact) mass is 228 g/mol. The third kappa shape index (κ3) is 1.69. The van der Waals surface area contributed by atoms with Crippen molar-refractivity contribution in [1.82, 2.24) is 14.8 Å². The molecule has 4 nitrogen and oxygen atoms in total. The second-order valence-corrected chi connectivity index (χ2v) is 4.84. The summed E-state index contributed by atoms with van der Waals surface area (Å²) >= 11 is 0. The Kier molecular flexibility index (Phi) is 2.18. The Bertz CT molecular complexity index is 567. The van der Waals surface area contributed by atoms with Gasteiger partial charge in [0.25, 0.3) is 0 Å². The summed E-state index contributed by atoms with van der Waals surface area (Å²) in [4.78, 5) is 0. The first-order valence-corrected chi connectivity index (χ1v) is 5.93. The Morgan fingerprint density at radius 2 is 2.06 bits per heavy atom. The van der Waals surface area contributed by atoms with Crippen molar-refractivity contribution in [3.8, 4) is 11.4 Å². The normalized spacial score (nSPS) is 15.2. The van der Waals surface area contributed by atoms with Gasteiger partial charge in [-0.25, -0.2) is 0 Å². The van der Waals surface area contributed by atoms with Crippen LogP contribution in [0.25, 0.3) is 11.4 Å². The van der Waals surface area contributed by atoms with E-state index in [1.807, 2.05) is 13.3 Å². The van der Waals surface area contributed by atoms with Crippen LogP contribution in [0, 0.1) is 13.8 Å². The van der Waals surface area contributed by atoms with E-state index >= 15 is 0 Å². The van der Waals surface area contributed by atoms with Crippen LogP contribution >= 0.6 is 0 Å². The molecule has 1 aliphatic rings. The summed E-state index contributed by atoms with van der Waals surface area (Å²) in [6, 6.07) is 4.75. The summed E-state index contributed by atoms with van der Waals surface area (Å²) in [6.45, 7) is 4.11. The molecular formula is C13H16N4. The minimum atomic E-state index is 0.570. The maximum Gasteiger partial charge on any atom is 0.166 e. The molecule has 0 saturated heterocycles. The number of nitrogens with zero attached hydrogens (tertiary/aromatic N) is 3. The van der Waals surface area contributed by atoms with E-state index in [4.69, 9.17) is 5.73 Å². The average molecular weight is 228 g/mol. The fourth-order valence-electron chi connectivity index (χ4n) is 2.22. The van der Waals surface area contributed by atoms with E-state index in [0.29, 0.717) is 6.04 Å². The minimum absolute atomic E-state index is 0.570. The van der Waals surface area contributed by atoms with Gasteiger partial charge in [-0.1, -0.05) is 6.07 Å². The molecule has 2 N–H and O–H groups in total. The number of anilines is 1. The summed E-state index contributed by atoms with van der Waals surface area (Å²) in [5.41, 5.74) is 10.3. The van der Waals surface area contributed by atoms with Crippen molar-refractivity contribution in [1.29, 1.82) is 0 Å². The zero-order valence-corrected chi connectivity index (χ0v) is 10.1. The molecule has 1 aromatic heterocycles.